The van der Waals surface area contributed by atoms with Gasteiger partial charge in [0, 0.05) is 11.3 Å². The number of nitrogens with one attached hydrogen (secondary N) is 1. The highest BCUT2D eigenvalue weighted by molar-refractivity contribution is 6.08. The third-order valence-electron chi connectivity index (χ3n) is 5.88. The molecule has 1 heterocycles. The second-order valence-corrected chi connectivity index (χ2v) is 8.23. The van der Waals surface area contributed by atoms with Gasteiger partial charge >= 0.3 is 6.18 Å². The molecule has 1 atom stereocenters. The van der Waals surface area contributed by atoms with E-state index in [9.17, 15) is 27.2 Å². The zero-order valence-corrected chi connectivity index (χ0v) is 18.9. The van der Waals surface area contributed by atoms with Gasteiger partial charge < -0.3 is 15.0 Å². The van der Waals surface area contributed by atoms with Crippen molar-refractivity contribution < 1.29 is 31.9 Å². The molecule has 1 N–H and O–H groups in total. The highest BCUT2D eigenvalue weighted by atomic mass is 19.4. The number of carbonyl (C=O) groups excluding carboxylic acids is 2. The van der Waals surface area contributed by atoms with Gasteiger partial charge in [0.05, 0.1) is 12.1 Å². The molecule has 35 heavy (non-hydrogen) atoms. The van der Waals surface area contributed by atoms with Gasteiger partial charge in [0.2, 0.25) is 0 Å². The lowest BCUT2D eigenvalue weighted by atomic mass is 10.0. The molecule has 182 valence electrons. The van der Waals surface area contributed by atoms with Gasteiger partial charge in [-0.2, -0.15) is 13.2 Å². The average Bonchev–Trinajstić information content (AvgIpc) is 3.08. The van der Waals surface area contributed by atoms with Gasteiger partial charge in [-0.25, -0.2) is 4.39 Å². The van der Waals surface area contributed by atoms with Crippen LogP contribution >= 0.6 is 0 Å². The third-order valence-corrected chi connectivity index (χ3v) is 5.88. The van der Waals surface area contributed by atoms with Crippen LogP contribution < -0.4 is 10.1 Å². The van der Waals surface area contributed by atoms with Crippen molar-refractivity contribution in [1.82, 2.24) is 4.90 Å². The predicted molar refractivity (Wildman–Crippen MR) is 122 cm³/mol. The second-order valence-electron chi connectivity index (χ2n) is 8.23. The van der Waals surface area contributed by atoms with Crippen LogP contribution in [0.5, 0.6) is 5.75 Å². The van der Waals surface area contributed by atoms with E-state index in [4.69, 9.17) is 4.74 Å². The van der Waals surface area contributed by atoms with E-state index in [1.807, 2.05) is 32.0 Å². The molecule has 1 unspecified atom stereocenters. The van der Waals surface area contributed by atoms with Crippen molar-refractivity contribution in [2.45, 2.75) is 26.1 Å². The first-order chi connectivity index (χ1) is 16.6. The van der Waals surface area contributed by atoms with E-state index in [1.165, 1.54) is 4.90 Å². The van der Waals surface area contributed by atoms with Crippen LogP contribution in [-0.4, -0.2) is 29.9 Å². The van der Waals surface area contributed by atoms with Crippen molar-refractivity contribution >= 4 is 17.5 Å². The summed E-state index contributed by atoms with van der Waals surface area (Å²) in [5.74, 6) is -2.40. The Morgan fingerprint density at radius 3 is 2.40 bits per heavy atom. The molecular weight excluding hydrogens is 464 g/mol. The van der Waals surface area contributed by atoms with Crippen LogP contribution in [0.3, 0.4) is 0 Å². The van der Waals surface area contributed by atoms with E-state index in [0.29, 0.717) is 28.9 Å². The number of halogens is 4. The van der Waals surface area contributed by atoms with Crippen molar-refractivity contribution in [2.24, 2.45) is 0 Å². The zero-order valence-electron chi connectivity index (χ0n) is 18.9. The Balaban J connectivity index is 1.54. The number of hydrogen-bond acceptors (Lipinski definition) is 3. The molecular formula is C26H22F4N2O3. The average molecular weight is 486 g/mol. The summed E-state index contributed by atoms with van der Waals surface area (Å²) in [5, 5.41) is 2.91. The van der Waals surface area contributed by atoms with E-state index >= 15 is 0 Å². The summed E-state index contributed by atoms with van der Waals surface area (Å²) < 4.78 is 57.9. The second kappa shape index (κ2) is 9.40. The van der Waals surface area contributed by atoms with Crippen LogP contribution in [0.2, 0.25) is 0 Å². The van der Waals surface area contributed by atoms with E-state index in [2.05, 4.69) is 5.32 Å². The summed E-state index contributed by atoms with van der Waals surface area (Å²) in [6.45, 7) is 3.45. The van der Waals surface area contributed by atoms with Crippen molar-refractivity contribution in [3.05, 3.63) is 94.3 Å². The molecule has 1 aliphatic heterocycles. The molecule has 0 bridgehead atoms. The van der Waals surface area contributed by atoms with Crippen LogP contribution in [0.4, 0.5) is 23.2 Å². The number of carbonyl (C=O) groups is 2. The number of anilines is 1. The molecule has 3 aromatic carbocycles. The maximum atomic E-state index is 13.5. The molecule has 0 aliphatic carbocycles. The lowest BCUT2D eigenvalue weighted by Gasteiger charge is -2.25. The van der Waals surface area contributed by atoms with E-state index < -0.39 is 29.5 Å². The molecule has 2 amide bonds. The lowest BCUT2D eigenvalue weighted by Crippen LogP contribution is -2.38. The van der Waals surface area contributed by atoms with Gasteiger partial charge in [0.15, 0.2) is 0 Å². The molecule has 0 saturated carbocycles. The molecule has 3 aromatic rings. The molecule has 0 aromatic heterocycles. The number of rotatable bonds is 6. The van der Waals surface area contributed by atoms with Gasteiger partial charge in [-0.3, -0.25) is 9.59 Å². The number of alkyl halides is 3. The fourth-order valence-electron chi connectivity index (χ4n) is 4.16. The fourth-order valence-corrected chi connectivity index (χ4v) is 4.16. The molecule has 0 fully saturated rings. The smallest absolute Gasteiger partial charge is 0.419 e. The van der Waals surface area contributed by atoms with Crippen LogP contribution in [0, 0.1) is 19.7 Å². The fraction of sp³-hybridized carbons (Fsp3) is 0.231. The zero-order chi connectivity index (χ0) is 25.3. The largest absolute Gasteiger partial charge is 0.492 e. The predicted octanol–water partition coefficient (Wildman–Crippen LogP) is 5.68. The van der Waals surface area contributed by atoms with Gasteiger partial charge in [0.25, 0.3) is 11.8 Å². The van der Waals surface area contributed by atoms with Gasteiger partial charge in [-0.15, -0.1) is 0 Å². The van der Waals surface area contributed by atoms with Crippen LogP contribution in [0.25, 0.3) is 0 Å². The highest BCUT2D eigenvalue weighted by Crippen LogP contribution is 2.36. The Labute approximate surface area is 199 Å². The first kappa shape index (κ1) is 24.3. The monoisotopic (exact) mass is 486 g/mol. The number of aryl methyl sites for hydroxylation is 2. The number of para-hydroxylation sites is 1. The van der Waals surface area contributed by atoms with E-state index in [-0.39, 0.29) is 24.8 Å². The maximum Gasteiger partial charge on any atom is 0.419 e. The Bertz CT molecular complexity index is 1270. The summed E-state index contributed by atoms with van der Waals surface area (Å²) in [6.07, 6.45) is -4.87. The van der Waals surface area contributed by atoms with Crippen LogP contribution in [0.1, 0.15) is 38.7 Å². The standard InChI is InChI=1S/C26H22F4N2O3/c1-15-6-5-7-16(2)22(15)31-24(33)23-18-8-3-4-9-19(18)25(34)32(23)12-13-35-17-10-11-21(27)20(14-17)26(28,29)30/h3-11,14,23H,12-13H2,1-2H3,(H,31,33). The normalized spacial score (nSPS) is 15.2. The Morgan fingerprint density at radius 2 is 1.71 bits per heavy atom. The third kappa shape index (κ3) is 4.84. The summed E-state index contributed by atoms with van der Waals surface area (Å²) in [6, 6.07) is 13.7. The minimum atomic E-state index is -4.87. The topological polar surface area (TPSA) is 58.6 Å². The molecule has 1 aliphatic rings. The van der Waals surface area contributed by atoms with Gasteiger partial charge in [-0.1, -0.05) is 36.4 Å². The van der Waals surface area contributed by atoms with Gasteiger partial charge in [-0.05, 0) is 54.8 Å². The quantitative estimate of drug-likeness (QED) is 0.457. The maximum absolute atomic E-state index is 13.5. The number of ether oxygens (including phenoxy) is 1. The van der Waals surface area contributed by atoms with E-state index in [1.54, 1.807) is 24.3 Å². The van der Waals surface area contributed by atoms with Crippen molar-refractivity contribution in [2.75, 3.05) is 18.5 Å². The minimum absolute atomic E-state index is 0.0723. The Kier molecular flexibility index (Phi) is 6.51. The number of nitrogens with zero attached hydrogens (tertiary/aromatic N) is 1. The minimum Gasteiger partial charge on any atom is -0.492 e. The van der Waals surface area contributed by atoms with Crippen molar-refractivity contribution in [1.29, 1.82) is 0 Å². The molecule has 0 saturated heterocycles. The number of amides is 2. The molecule has 0 radical (unpaired) electrons. The Hall–Kier alpha value is -3.88. The summed E-state index contributed by atoms with van der Waals surface area (Å²) in [4.78, 5) is 27.7. The van der Waals surface area contributed by atoms with Crippen molar-refractivity contribution in [3.63, 3.8) is 0 Å². The summed E-state index contributed by atoms with van der Waals surface area (Å²) in [5.41, 5.74) is 1.84. The molecule has 9 heteroatoms. The van der Waals surface area contributed by atoms with E-state index in [0.717, 1.165) is 17.2 Å². The number of hydrogen-bond donors (Lipinski definition) is 1. The van der Waals surface area contributed by atoms with Crippen LogP contribution in [-0.2, 0) is 11.0 Å². The van der Waals surface area contributed by atoms with Crippen LogP contribution in [0.15, 0.2) is 60.7 Å². The molecule has 0 spiro atoms. The number of benzene rings is 3. The number of fused-ring (bicyclic) bond motifs is 1. The van der Waals surface area contributed by atoms with Crippen molar-refractivity contribution in [3.8, 4) is 5.75 Å². The molecule has 5 nitrogen and oxygen atoms in total. The molecule has 4 rings (SSSR count). The summed E-state index contributed by atoms with van der Waals surface area (Å²) in [7, 11) is 0. The van der Waals surface area contributed by atoms with Gasteiger partial charge in [0.1, 0.15) is 24.2 Å². The lowest BCUT2D eigenvalue weighted by molar-refractivity contribution is -0.140. The Morgan fingerprint density at radius 1 is 1.03 bits per heavy atom. The highest BCUT2D eigenvalue weighted by Gasteiger charge is 2.41. The SMILES string of the molecule is Cc1cccc(C)c1NC(=O)C1c2ccccc2C(=O)N1CCOc1ccc(F)c(C(F)(F)F)c1. The summed E-state index contributed by atoms with van der Waals surface area (Å²) >= 11 is 0. The first-order valence-electron chi connectivity index (χ1n) is 10.8. The first-order valence-corrected chi connectivity index (χ1v) is 10.8.